The molecule has 1 heterocycles. The third kappa shape index (κ3) is 4.29. The topological polar surface area (TPSA) is 124 Å². The van der Waals surface area contributed by atoms with Gasteiger partial charge in [0.2, 0.25) is 5.91 Å². The van der Waals surface area contributed by atoms with Gasteiger partial charge in [0.1, 0.15) is 17.1 Å². The van der Waals surface area contributed by atoms with Crippen LogP contribution in [0.3, 0.4) is 0 Å². The van der Waals surface area contributed by atoms with Gasteiger partial charge in [-0.15, -0.1) is 0 Å². The lowest BCUT2D eigenvalue weighted by Gasteiger charge is -2.09. The van der Waals surface area contributed by atoms with E-state index in [1.165, 1.54) is 0 Å². The van der Waals surface area contributed by atoms with Gasteiger partial charge in [-0.05, 0) is 61.5 Å². The fourth-order valence-electron chi connectivity index (χ4n) is 3.13. The molecule has 8 heteroatoms. The van der Waals surface area contributed by atoms with Crippen molar-refractivity contribution >= 4 is 28.7 Å². The molecule has 0 radical (unpaired) electrons. The maximum absolute atomic E-state index is 12.4. The minimum absolute atomic E-state index is 0.137. The van der Waals surface area contributed by atoms with Gasteiger partial charge in [-0.25, -0.2) is 0 Å². The lowest BCUT2D eigenvalue weighted by Crippen LogP contribution is -2.41. The normalized spacial score (nSPS) is 10.5. The van der Waals surface area contributed by atoms with Crippen LogP contribution in [-0.2, 0) is 0 Å². The first-order chi connectivity index (χ1) is 15.4. The Bertz CT molecular complexity index is 1310. The van der Waals surface area contributed by atoms with Gasteiger partial charge >= 0.3 is 5.91 Å². The predicted molar refractivity (Wildman–Crippen MR) is 117 cm³/mol. The Morgan fingerprint density at radius 1 is 0.781 bits per heavy atom. The molecule has 0 atom stereocenters. The number of benzene rings is 3. The molecule has 4 N–H and O–H groups in total. The van der Waals surface area contributed by atoms with Crippen LogP contribution in [0, 0.1) is 6.92 Å². The number of hydrazine groups is 1. The Morgan fingerprint density at radius 2 is 1.34 bits per heavy atom. The van der Waals surface area contributed by atoms with E-state index in [2.05, 4.69) is 10.9 Å². The van der Waals surface area contributed by atoms with Crippen molar-refractivity contribution in [2.75, 3.05) is 0 Å². The number of primary amides is 1. The van der Waals surface area contributed by atoms with Crippen molar-refractivity contribution in [2.45, 2.75) is 6.92 Å². The molecule has 0 fully saturated rings. The number of para-hydroxylation sites is 1. The molecule has 8 nitrogen and oxygen atoms in total. The van der Waals surface area contributed by atoms with E-state index in [0.717, 1.165) is 5.39 Å². The summed E-state index contributed by atoms with van der Waals surface area (Å²) < 4.78 is 11.3. The zero-order valence-corrected chi connectivity index (χ0v) is 17.0. The van der Waals surface area contributed by atoms with E-state index in [9.17, 15) is 14.4 Å². The van der Waals surface area contributed by atoms with Crippen molar-refractivity contribution in [3.63, 3.8) is 0 Å². The van der Waals surface area contributed by atoms with Gasteiger partial charge in [0.15, 0.2) is 5.76 Å². The number of rotatable bonds is 5. The van der Waals surface area contributed by atoms with Crippen LogP contribution in [0.5, 0.6) is 11.5 Å². The third-order valence-electron chi connectivity index (χ3n) is 4.83. The van der Waals surface area contributed by atoms with Gasteiger partial charge in [-0.1, -0.05) is 18.2 Å². The summed E-state index contributed by atoms with van der Waals surface area (Å²) in [6.45, 7) is 1.78. The number of hydrogen-bond donors (Lipinski definition) is 3. The van der Waals surface area contributed by atoms with Crippen molar-refractivity contribution in [1.29, 1.82) is 0 Å². The van der Waals surface area contributed by atoms with Crippen LogP contribution < -0.4 is 21.3 Å². The SMILES string of the molecule is Cc1c(C(=O)NNC(=O)c2ccc(Oc3ccc(C(N)=O)cc3)cc2)oc2ccccc12. The molecule has 0 saturated heterocycles. The molecule has 0 unspecified atom stereocenters. The highest BCUT2D eigenvalue weighted by Gasteiger charge is 2.18. The highest BCUT2D eigenvalue weighted by molar-refractivity contribution is 6.01. The number of fused-ring (bicyclic) bond motifs is 1. The van der Waals surface area contributed by atoms with Crippen LogP contribution in [0.15, 0.2) is 77.2 Å². The summed E-state index contributed by atoms with van der Waals surface area (Å²) in [6, 6.07) is 20.0. The second-order valence-corrected chi connectivity index (χ2v) is 6.98. The predicted octanol–water partition coefficient (Wildman–Crippen LogP) is 3.71. The molecule has 0 saturated carbocycles. The number of hydrogen-bond acceptors (Lipinski definition) is 5. The molecular weight excluding hydrogens is 410 g/mol. The highest BCUT2D eigenvalue weighted by atomic mass is 16.5. The monoisotopic (exact) mass is 429 g/mol. The summed E-state index contributed by atoms with van der Waals surface area (Å²) in [4.78, 5) is 35.9. The van der Waals surface area contributed by atoms with Crippen molar-refractivity contribution in [3.05, 3.63) is 95.2 Å². The quantitative estimate of drug-likeness (QED) is 0.417. The van der Waals surface area contributed by atoms with E-state index in [1.807, 2.05) is 18.2 Å². The molecule has 160 valence electrons. The molecule has 4 rings (SSSR count). The van der Waals surface area contributed by atoms with Crippen LogP contribution in [0.1, 0.15) is 36.8 Å². The van der Waals surface area contributed by atoms with E-state index < -0.39 is 17.7 Å². The molecule has 0 aliphatic carbocycles. The minimum atomic E-state index is -0.550. The largest absolute Gasteiger partial charge is 0.457 e. The van der Waals surface area contributed by atoms with Crippen LogP contribution in [0.25, 0.3) is 11.0 Å². The number of carbonyl (C=O) groups is 3. The average Bonchev–Trinajstić information content (AvgIpc) is 3.15. The number of ether oxygens (including phenoxy) is 1. The Kier molecular flexibility index (Phi) is 5.59. The maximum atomic E-state index is 12.4. The summed E-state index contributed by atoms with van der Waals surface area (Å²) in [5.41, 5.74) is 11.9. The molecule has 1 aromatic heterocycles. The smallest absolute Gasteiger partial charge is 0.305 e. The summed E-state index contributed by atoms with van der Waals surface area (Å²) >= 11 is 0. The van der Waals surface area contributed by atoms with Crippen LogP contribution in [0.2, 0.25) is 0 Å². The first-order valence-electron chi connectivity index (χ1n) is 9.69. The number of nitrogens with two attached hydrogens (primary N) is 1. The van der Waals surface area contributed by atoms with Crippen LogP contribution in [0.4, 0.5) is 0 Å². The first-order valence-corrected chi connectivity index (χ1v) is 9.69. The Balaban J connectivity index is 1.36. The maximum Gasteiger partial charge on any atom is 0.305 e. The van der Waals surface area contributed by atoms with Gasteiger partial charge in [0.05, 0.1) is 0 Å². The van der Waals surface area contributed by atoms with Gasteiger partial charge in [-0.3, -0.25) is 25.2 Å². The number of furan rings is 1. The molecular formula is C24H19N3O5. The number of amides is 3. The van der Waals surface area contributed by atoms with Crippen molar-refractivity contribution in [1.82, 2.24) is 10.9 Å². The Labute approximate surface area is 182 Å². The van der Waals surface area contributed by atoms with Gasteiger partial charge in [0.25, 0.3) is 5.91 Å². The van der Waals surface area contributed by atoms with E-state index in [-0.39, 0.29) is 5.76 Å². The van der Waals surface area contributed by atoms with Crippen LogP contribution >= 0.6 is 0 Å². The standard InChI is InChI=1S/C24H19N3O5/c1-14-19-4-2-3-5-20(19)32-21(14)24(30)27-26-23(29)16-8-12-18(13-9-16)31-17-10-6-15(7-11-17)22(25)28/h2-13H,1H3,(H2,25,28)(H,26,29)(H,27,30). The molecule has 3 aromatic carbocycles. The second-order valence-electron chi connectivity index (χ2n) is 6.98. The molecule has 0 bridgehead atoms. The molecule has 32 heavy (non-hydrogen) atoms. The van der Waals surface area contributed by atoms with E-state index in [4.69, 9.17) is 14.9 Å². The fraction of sp³-hybridized carbons (Fsp3) is 0.0417. The lowest BCUT2D eigenvalue weighted by atomic mass is 10.1. The number of aryl methyl sites for hydroxylation is 1. The average molecular weight is 429 g/mol. The second kappa shape index (κ2) is 8.65. The molecule has 0 aliphatic heterocycles. The fourth-order valence-corrected chi connectivity index (χ4v) is 3.13. The van der Waals surface area contributed by atoms with Gasteiger partial charge in [-0.2, -0.15) is 0 Å². The van der Waals surface area contributed by atoms with Crippen molar-refractivity contribution < 1.29 is 23.5 Å². The lowest BCUT2D eigenvalue weighted by molar-refractivity contribution is 0.0831. The van der Waals surface area contributed by atoms with Gasteiger partial charge < -0.3 is 14.9 Å². The zero-order valence-electron chi connectivity index (χ0n) is 17.0. The zero-order chi connectivity index (χ0) is 22.7. The molecule has 0 aliphatic rings. The van der Waals surface area contributed by atoms with Crippen molar-refractivity contribution in [3.8, 4) is 11.5 Å². The summed E-state index contributed by atoms with van der Waals surface area (Å²) in [5, 5.41) is 0.837. The number of carbonyl (C=O) groups excluding carboxylic acids is 3. The summed E-state index contributed by atoms with van der Waals surface area (Å²) in [7, 11) is 0. The summed E-state index contributed by atoms with van der Waals surface area (Å²) in [5.74, 6) is -0.418. The minimum Gasteiger partial charge on any atom is -0.457 e. The molecule has 4 aromatic rings. The van der Waals surface area contributed by atoms with E-state index in [0.29, 0.717) is 33.8 Å². The molecule has 0 spiro atoms. The number of nitrogens with one attached hydrogen (secondary N) is 2. The Morgan fingerprint density at radius 3 is 1.94 bits per heavy atom. The third-order valence-corrected chi connectivity index (χ3v) is 4.83. The first kappa shape index (κ1) is 20.7. The van der Waals surface area contributed by atoms with E-state index in [1.54, 1.807) is 61.5 Å². The van der Waals surface area contributed by atoms with E-state index >= 15 is 0 Å². The Hall–Kier alpha value is -4.59. The highest BCUT2D eigenvalue weighted by Crippen LogP contribution is 2.25. The molecule has 3 amide bonds. The van der Waals surface area contributed by atoms with Crippen LogP contribution in [-0.4, -0.2) is 17.7 Å². The van der Waals surface area contributed by atoms with Crippen molar-refractivity contribution in [2.24, 2.45) is 5.73 Å². The van der Waals surface area contributed by atoms with Gasteiger partial charge in [0, 0.05) is 22.1 Å². The summed E-state index contributed by atoms with van der Waals surface area (Å²) in [6.07, 6.45) is 0.